The van der Waals surface area contributed by atoms with E-state index in [2.05, 4.69) is 31.8 Å². The molecule has 0 spiro atoms. The minimum Gasteiger partial charge on any atom is -0.493 e. The lowest BCUT2D eigenvalue weighted by Gasteiger charge is -2.23. The molecular formula is C19H24N2O3. The molecule has 0 radical (unpaired) electrons. The molecule has 0 fully saturated rings. The summed E-state index contributed by atoms with van der Waals surface area (Å²) in [6.45, 7) is 10.1. The van der Waals surface area contributed by atoms with Gasteiger partial charge in [0.05, 0.1) is 18.9 Å². The molecule has 128 valence electrons. The first-order valence-corrected chi connectivity index (χ1v) is 8.38. The zero-order valence-corrected chi connectivity index (χ0v) is 14.8. The van der Waals surface area contributed by atoms with Gasteiger partial charge in [0, 0.05) is 18.2 Å². The molecule has 1 aliphatic heterocycles. The lowest BCUT2D eigenvalue weighted by Crippen LogP contribution is -2.28. The van der Waals surface area contributed by atoms with Crippen LogP contribution in [0.15, 0.2) is 29.1 Å². The molecule has 1 aromatic carbocycles. The molecule has 2 heterocycles. The second-order valence-electron chi connectivity index (χ2n) is 7.27. The highest BCUT2D eigenvalue weighted by Crippen LogP contribution is 2.32. The van der Waals surface area contributed by atoms with E-state index >= 15 is 0 Å². The molecule has 5 nitrogen and oxygen atoms in total. The highest BCUT2D eigenvalue weighted by Gasteiger charge is 2.20. The van der Waals surface area contributed by atoms with Crippen LogP contribution in [-0.2, 0) is 13.0 Å². The Kier molecular flexibility index (Phi) is 4.35. The fraction of sp³-hybridized carbons (Fsp3) is 0.474. The van der Waals surface area contributed by atoms with Crippen molar-refractivity contribution in [3.8, 4) is 22.9 Å². The van der Waals surface area contributed by atoms with Crippen LogP contribution in [0.5, 0.6) is 11.6 Å². The minimum absolute atomic E-state index is 0.119. The third-order valence-electron chi connectivity index (χ3n) is 3.91. The van der Waals surface area contributed by atoms with Crippen LogP contribution >= 0.6 is 0 Å². The van der Waals surface area contributed by atoms with Gasteiger partial charge in [0.25, 0.3) is 0 Å². The molecule has 1 aliphatic rings. The molecule has 3 rings (SSSR count). The van der Waals surface area contributed by atoms with Crippen molar-refractivity contribution in [2.75, 3.05) is 13.2 Å². The highest BCUT2D eigenvalue weighted by atomic mass is 16.5. The number of hydrogen-bond donors (Lipinski definition) is 0. The molecule has 2 aromatic rings. The Bertz CT molecular complexity index is 803. The molecule has 0 saturated heterocycles. The number of fused-ring (bicyclic) bond motifs is 3. The summed E-state index contributed by atoms with van der Waals surface area (Å²) in [4.78, 5) is 16.2. The molecular weight excluding hydrogens is 304 g/mol. The fourth-order valence-electron chi connectivity index (χ4n) is 2.79. The zero-order chi connectivity index (χ0) is 17.3. The number of nitrogens with zero attached hydrogens (tertiary/aromatic N) is 2. The van der Waals surface area contributed by atoms with Crippen LogP contribution in [0.2, 0.25) is 0 Å². The van der Waals surface area contributed by atoms with Gasteiger partial charge in [-0.3, -0.25) is 4.57 Å². The van der Waals surface area contributed by atoms with Crippen molar-refractivity contribution < 1.29 is 9.47 Å². The largest absolute Gasteiger partial charge is 0.493 e. The molecule has 0 unspecified atom stereocenters. The smallest absolute Gasteiger partial charge is 0.351 e. The number of benzene rings is 1. The van der Waals surface area contributed by atoms with Gasteiger partial charge in [0.2, 0.25) is 5.88 Å². The van der Waals surface area contributed by atoms with E-state index in [0.717, 1.165) is 23.4 Å². The summed E-state index contributed by atoms with van der Waals surface area (Å²) in [5.74, 6) is 1.26. The van der Waals surface area contributed by atoms with E-state index in [1.807, 2.05) is 25.1 Å². The molecule has 24 heavy (non-hydrogen) atoms. The summed E-state index contributed by atoms with van der Waals surface area (Å²) < 4.78 is 13.0. The predicted molar refractivity (Wildman–Crippen MR) is 93.8 cm³/mol. The van der Waals surface area contributed by atoms with E-state index in [1.54, 1.807) is 4.57 Å². The first-order valence-electron chi connectivity index (χ1n) is 8.38. The van der Waals surface area contributed by atoms with Crippen molar-refractivity contribution in [3.05, 3.63) is 40.3 Å². The van der Waals surface area contributed by atoms with Gasteiger partial charge < -0.3 is 9.47 Å². The Morgan fingerprint density at radius 1 is 1.21 bits per heavy atom. The molecule has 0 amide bonds. The summed E-state index contributed by atoms with van der Waals surface area (Å²) in [7, 11) is 0. The SMILES string of the molecule is CCOc1cc2n(c(=O)n1)CCc1cc(OCC(C)(C)C)ccc1-2. The van der Waals surface area contributed by atoms with E-state index in [-0.39, 0.29) is 11.1 Å². The van der Waals surface area contributed by atoms with Crippen LogP contribution in [0, 0.1) is 5.41 Å². The van der Waals surface area contributed by atoms with Crippen molar-refractivity contribution in [1.29, 1.82) is 0 Å². The second kappa shape index (κ2) is 6.30. The van der Waals surface area contributed by atoms with Gasteiger partial charge in [0.15, 0.2) is 0 Å². The topological polar surface area (TPSA) is 53.4 Å². The maximum Gasteiger partial charge on any atom is 0.351 e. The molecule has 0 N–H and O–H groups in total. The average molecular weight is 328 g/mol. The van der Waals surface area contributed by atoms with E-state index < -0.39 is 0 Å². The Morgan fingerprint density at radius 2 is 2.00 bits per heavy atom. The molecule has 5 heteroatoms. The maximum absolute atomic E-state index is 12.2. The standard InChI is InChI=1S/C19H24N2O3/c1-5-23-17-11-16-15-7-6-14(24-12-19(2,3)4)10-13(15)8-9-21(16)18(22)20-17/h6-7,10-11H,5,8-9,12H2,1-4H3. The Balaban J connectivity index is 1.95. The number of aryl methyl sites for hydroxylation is 1. The van der Waals surface area contributed by atoms with Crippen LogP contribution in [0.1, 0.15) is 33.3 Å². The fourth-order valence-corrected chi connectivity index (χ4v) is 2.79. The Hall–Kier alpha value is -2.30. The highest BCUT2D eigenvalue weighted by molar-refractivity contribution is 5.67. The average Bonchev–Trinajstić information content (AvgIpc) is 2.52. The maximum atomic E-state index is 12.2. The van der Waals surface area contributed by atoms with Gasteiger partial charge in [0.1, 0.15) is 5.75 Å². The number of hydrogen-bond acceptors (Lipinski definition) is 4. The van der Waals surface area contributed by atoms with E-state index in [0.29, 0.717) is 25.6 Å². The van der Waals surface area contributed by atoms with Crippen molar-refractivity contribution in [2.24, 2.45) is 5.41 Å². The van der Waals surface area contributed by atoms with Crippen molar-refractivity contribution >= 4 is 0 Å². The van der Waals surface area contributed by atoms with Gasteiger partial charge in [-0.05, 0) is 42.5 Å². The first kappa shape index (κ1) is 16.6. The molecule has 0 saturated carbocycles. The Morgan fingerprint density at radius 3 is 2.71 bits per heavy atom. The molecule has 1 aromatic heterocycles. The summed E-state index contributed by atoms with van der Waals surface area (Å²) in [6.07, 6.45) is 0.796. The van der Waals surface area contributed by atoms with Crippen LogP contribution in [0.3, 0.4) is 0 Å². The van der Waals surface area contributed by atoms with Gasteiger partial charge in [-0.25, -0.2) is 4.79 Å². The van der Waals surface area contributed by atoms with E-state index in [1.165, 1.54) is 5.56 Å². The van der Waals surface area contributed by atoms with Crippen LogP contribution < -0.4 is 15.2 Å². The van der Waals surface area contributed by atoms with Gasteiger partial charge in [-0.1, -0.05) is 20.8 Å². The second-order valence-corrected chi connectivity index (χ2v) is 7.27. The first-order chi connectivity index (χ1) is 11.4. The summed E-state index contributed by atoms with van der Waals surface area (Å²) in [5.41, 5.74) is 2.96. The lowest BCUT2D eigenvalue weighted by molar-refractivity contribution is 0.198. The summed E-state index contributed by atoms with van der Waals surface area (Å²) in [5, 5.41) is 0. The number of rotatable bonds is 4. The Labute approximate surface area is 142 Å². The van der Waals surface area contributed by atoms with Crippen LogP contribution in [-0.4, -0.2) is 22.8 Å². The van der Waals surface area contributed by atoms with E-state index in [4.69, 9.17) is 9.47 Å². The quantitative estimate of drug-likeness (QED) is 0.864. The monoisotopic (exact) mass is 328 g/mol. The van der Waals surface area contributed by atoms with Gasteiger partial charge in [-0.15, -0.1) is 0 Å². The predicted octanol–water partition coefficient (Wildman–Crippen LogP) is 3.29. The van der Waals surface area contributed by atoms with Crippen molar-refractivity contribution in [3.63, 3.8) is 0 Å². The number of aromatic nitrogens is 2. The van der Waals surface area contributed by atoms with E-state index in [9.17, 15) is 4.79 Å². The minimum atomic E-state index is -0.255. The van der Waals surface area contributed by atoms with Gasteiger partial charge >= 0.3 is 5.69 Å². The zero-order valence-electron chi connectivity index (χ0n) is 14.8. The van der Waals surface area contributed by atoms with Gasteiger partial charge in [-0.2, -0.15) is 4.98 Å². The van der Waals surface area contributed by atoms with Crippen LogP contribution in [0.4, 0.5) is 0 Å². The normalized spacial score (nSPS) is 13.2. The number of ether oxygens (including phenoxy) is 2. The van der Waals surface area contributed by atoms with Crippen molar-refractivity contribution in [2.45, 2.75) is 40.7 Å². The van der Waals surface area contributed by atoms with Crippen molar-refractivity contribution in [1.82, 2.24) is 9.55 Å². The third-order valence-corrected chi connectivity index (χ3v) is 3.91. The summed E-state index contributed by atoms with van der Waals surface area (Å²) >= 11 is 0. The lowest BCUT2D eigenvalue weighted by atomic mass is 9.97. The molecule has 0 bridgehead atoms. The van der Waals surface area contributed by atoms with Crippen LogP contribution in [0.25, 0.3) is 11.3 Å². The molecule has 0 aliphatic carbocycles. The third kappa shape index (κ3) is 3.45. The summed E-state index contributed by atoms with van der Waals surface area (Å²) in [6, 6.07) is 7.91. The molecule has 0 atom stereocenters.